The van der Waals surface area contributed by atoms with E-state index >= 15 is 0 Å². The van der Waals surface area contributed by atoms with Gasteiger partial charge >= 0.3 is 0 Å². The number of aryl methyl sites for hydroxylation is 3. The van der Waals surface area contributed by atoms with Crippen molar-refractivity contribution in [2.45, 2.75) is 39.2 Å². The second-order valence-electron chi connectivity index (χ2n) is 4.74. The average Bonchev–Trinajstić information content (AvgIpc) is 2.90. The molecule has 0 bridgehead atoms. The number of carbonyl (C=O) groups excluding carboxylic acids is 1. The van der Waals surface area contributed by atoms with Crippen LogP contribution in [0.15, 0.2) is 12.1 Å². The molecule has 1 aliphatic carbocycles. The molecule has 0 aromatic heterocycles. The molecule has 0 aliphatic heterocycles. The Morgan fingerprint density at radius 3 is 2.20 bits per heavy atom. The lowest BCUT2D eigenvalue weighted by Gasteiger charge is -2.12. The number of rotatable bonds is 2. The maximum Gasteiger partial charge on any atom is 0.182 e. The van der Waals surface area contributed by atoms with Gasteiger partial charge in [0.25, 0.3) is 0 Å². The van der Waals surface area contributed by atoms with E-state index in [4.69, 9.17) is 5.73 Å². The van der Waals surface area contributed by atoms with Crippen LogP contribution in [0.4, 0.5) is 0 Å². The van der Waals surface area contributed by atoms with Crippen LogP contribution in [0.25, 0.3) is 0 Å². The molecule has 1 aliphatic rings. The second-order valence-corrected chi connectivity index (χ2v) is 4.74. The van der Waals surface area contributed by atoms with Crippen molar-refractivity contribution in [3.8, 4) is 0 Å². The zero-order chi connectivity index (χ0) is 11.2. The minimum Gasteiger partial charge on any atom is -0.319 e. The van der Waals surface area contributed by atoms with Gasteiger partial charge in [0.15, 0.2) is 5.78 Å². The van der Waals surface area contributed by atoms with E-state index in [1.165, 1.54) is 5.56 Å². The van der Waals surface area contributed by atoms with E-state index in [1.54, 1.807) is 0 Å². The molecule has 15 heavy (non-hydrogen) atoms. The summed E-state index contributed by atoms with van der Waals surface area (Å²) in [7, 11) is 0. The molecule has 1 aromatic rings. The van der Waals surface area contributed by atoms with E-state index in [1.807, 2.05) is 19.9 Å². The molecule has 0 atom stereocenters. The van der Waals surface area contributed by atoms with Crippen LogP contribution in [-0.4, -0.2) is 11.3 Å². The van der Waals surface area contributed by atoms with Gasteiger partial charge < -0.3 is 5.73 Å². The monoisotopic (exact) mass is 203 g/mol. The summed E-state index contributed by atoms with van der Waals surface area (Å²) in [5, 5.41) is 0. The Hall–Kier alpha value is -1.15. The molecule has 0 radical (unpaired) electrons. The second kappa shape index (κ2) is 3.17. The summed E-state index contributed by atoms with van der Waals surface area (Å²) in [5.41, 5.74) is 9.61. The first-order valence-electron chi connectivity index (χ1n) is 5.35. The highest BCUT2D eigenvalue weighted by molar-refractivity contribution is 6.06. The van der Waals surface area contributed by atoms with Crippen LogP contribution in [0.3, 0.4) is 0 Å². The minimum absolute atomic E-state index is 0.114. The molecular formula is C13H17NO. The lowest BCUT2D eigenvalue weighted by Crippen LogP contribution is -2.33. The summed E-state index contributed by atoms with van der Waals surface area (Å²) in [6.07, 6.45) is 1.66. The first-order valence-corrected chi connectivity index (χ1v) is 5.35. The maximum absolute atomic E-state index is 12.1. The van der Waals surface area contributed by atoms with E-state index in [2.05, 4.69) is 13.0 Å². The third-order valence-corrected chi connectivity index (χ3v) is 3.33. The number of hydrogen-bond donors (Lipinski definition) is 1. The van der Waals surface area contributed by atoms with E-state index in [0.29, 0.717) is 0 Å². The molecule has 80 valence electrons. The van der Waals surface area contributed by atoms with Crippen molar-refractivity contribution in [3.05, 3.63) is 34.4 Å². The molecule has 1 saturated carbocycles. The van der Waals surface area contributed by atoms with Gasteiger partial charge in [0.1, 0.15) is 0 Å². The highest BCUT2D eigenvalue weighted by atomic mass is 16.1. The normalized spacial score (nSPS) is 17.6. The fourth-order valence-corrected chi connectivity index (χ4v) is 1.84. The van der Waals surface area contributed by atoms with Crippen molar-refractivity contribution in [1.29, 1.82) is 0 Å². The van der Waals surface area contributed by atoms with E-state index in [9.17, 15) is 4.79 Å². The smallest absolute Gasteiger partial charge is 0.182 e. The molecule has 2 N–H and O–H groups in total. The minimum atomic E-state index is -0.549. The molecule has 2 nitrogen and oxygen atoms in total. The summed E-state index contributed by atoms with van der Waals surface area (Å²) in [5.74, 6) is 0.114. The largest absolute Gasteiger partial charge is 0.319 e. The molecule has 2 heteroatoms. The zero-order valence-electron chi connectivity index (χ0n) is 9.55. The SMILES string of the molecule is Cc1cc(C)c(C(=O)C2(N)CC2)cc1C. The number of ketones is 1. The van der Waals surface area contributed by atoms with Gasteiger partial charge in [0, 0.05) is 5.56 Å². The Balaban J connectivity index is 2.44. The Bertz CT molecular complexity index is 430. The predicted octanol–water partition coefficient (Wildman–Crippen LogP) is 2.29. The number of hydrogen-bond acceptors (Lipinski definition) is 2. The molecule has 1 aromatic carbocycles. The third-order valence-electron chi connectivity index (χ3n) is 3.33. The molecule has 0 heterocycles. The molecule has 0 unspecified atom stereocenters. The maximum atomic E-state index is 12.1. The molecular weight excluding hydrogens is 186 g/mol. The average molecular weight is 203 g/mol. The van der Waals surface area contributed by atoms with Gasteiger partial charge in [-0.3, -0.25) is 4.79 Å². The Labute approximate surface area is 90.5 Å². The van der Waals surface area contributed by atoms with Crippen molar-refractivity contribution in [2.24, 2.45) is 5.73 Å². The van der Waals surface area contributed by atoms with Gasteiger partial charge in [0.2, 0.25) is 0 Å². The van der Waals surface area contributed by atoms with E-state index in [-0.39, 0.29) is 5.78 Å². The van der Waals surface area contributed by atoms with E-state index in [0.717, 1.165) is 29.5 Å². The van der Waals surface area contributed by atoms with Gasteiger partial charge in [-0.1, -0.05) is 6.07 Å². The standard InChI is InChI=1S/C13H17NO/c1-8-6-10(3)11(7-9(8)2)12(15)13(14)4-5-13/h6-7H,4-5,14H2,1-3H3. The number of nitrogens with two attached hydrogens (primary N) is 1. The highest BCUT2D eigenvalue weighted by Gasteiger charge is 2.46. The lowest BCUT2D eigenvalue weighted by atomic mass is 9.94. The van der Waals surface area contributed by atoms with Crippen molar-refractivity contribution in [1.82, 2.24) is 0 Å². The fourth-order valence-electron chi connectivity index (χ4n) is 1.84. The van der Waals surface area contributed by atoms with Crippen LogP contribution in [0.5, 0.6) is 0 Å². The molecule has 1 fully saturated rings. The Kier molecular flexibility index (Phi) is 2.19. The summed E-state index contributed by atoms with van der Waals surface area (Å²) < 4.78 is 0. The molecule has 2 rings (SSSR count). The van der Waals surface area contributed by atoms with Gasteiger partial charge in [-0.15, -0.1) is 0 Å². The highest BCUT2D eigenvalue weighted by Crippen LogP contribution is 2.36. The van der Waals surface area contributed by atoms with E-state index < -0.39 is 5.54 Å². The Morgan fingerprint density at radius 1 is 1.13 bits per heavy atom. The number of benzene rings is 1. The van der Waals surface area contributed by atoms with Crippen molar-refractivity contribution < 1.29 is 4.79 Å². The summed E-state index contributed by atoms with van der Waals surface area (Å²) in [4.78, 5) is 12.1. The lowest BCUT2D eigenvalue weighted by molar-refractivity contribution is 0.0948. The summed E-state index contributed by atoms with van der Waals surface area (Å²) >= 11 is 0. The van der Waals surface area contributed by atoms with Gasteiger partial charge in [0.05, 0.1) is 5.54 Å². The number of carbonyl (C=O) groups is 1. The zero-order valence-corrected chi connectivity index (χ0v) is 9.55. The van der Waals surface area contributed by atoms with Gasteiger partial charge in [-0.05, 0) is 56.4 Å². The van der Waals surface area contributed by atoms with Crippen molar-refractivity contribution >= 4 is 5.78 Å². The molecule has 0 saturated heterocycles. The first kappa shape index (κ1) is 10.4. The van der Waals surface area contributed by atoms with Gasteiger partial charge in [-0.25, -0.2) is 0 Å². The third kappa shape index (κ3) is 1.70. The topological polar surface area (TPSA) is 43.1 Å². The van der Waals surface area contributed by atoms with Crippen LogP contribution in [0, 0.1) is 20.8 Å². The van der Waals surface area contributed by atoms with Gasteiger partial charge in [-0.2, -0.15) is 0 Å². The Morgan fingerprint density at radius 2 is 1.67 bits per heavy atom. The van der Waals surface area contributed by atoms with Crippen LogP contribution in [-0.2, 0) is 0 Å². The fraction of sp³-hybridized carbons (Fsp3) is 0.462. The summed E-state index contributed by atoms with van der Waals surface area (Å²) in [6.45, 7) is 6.07. The number of Topliss-reactive ketones (excluding diaryl/α,β-unsaturated/α-hetero) is 1. The molecule has 0 spiro atoms. The summed E-state index contributed by atoms with van der Waals surface area (Å²) in [6, 6.07) is 4.04. The first-order chi connectivity index (χ1) is 6.94. The van der Waals surface area contributed by atoms with Crippen LogP contribution in [0.2, 0.25) is 0 Å². The van der Waals surface area contributed by atoms with Crippen LogP contribution >= 0.6 is 0 Å². The quantitative estimate of drug-likeness (QED) is 0.749. The van der Waals surface area contributed by atoms with Crippen molar-refractivity contribution in [2.75, 3.05) is 0 Å². The van der Waals surface area contributed by atoms with Crippen molar-refractivity contribution in [3.63, 3.8) is 0 Å². The van der Waals surface area contributed by atoms with Crippen LogP contribution in [0.1, 0.15) is 39.9 Å². The predicted molar refractivity (Wildman–Crippen MR) is 61.1 cm³/mol. The van der Waals surface area contributed by atoms with Crippen LogP contribution < -0.4 is 5.73 Å². The molecule has 0 amide bonds.